The predicted molar refractivity (Wildman–Crippen MR) is 69.5 cm³/mol. The SMILES string of the molecule is C1CCC(c2n[nH]c(CC3CCCCO3)n2)CC1. The monoisotopic (exact) mass is 249 g/mol. The van der Waals surface area contributed by atoms with Gasteiger partial charge in [0, 0.05) is 18.9 Å². The van der Waals surface area contributed by atoms with Gasteiger partial charge in [-0.1, -0.05) is 19.3 Å². The number of rotatable bonds is 3. The molecule has 1 aliphatic carbocycles. The third-order valence-corrected chi connectivity index (χ3v) is 4.21. The molecule has 0 bridgehead atoms. The molecule has 0 spiro atoms. The van der Waals surface area contributed by atoms with Gasteiger partial charge in [0.2, 0.25) is 0 Å². The van der Waals surface area contributed by atoms with Gasteiger partial charge >= 0.3 is 0 Å². The Bertz CT molecular complexity index is 365. The Morgan fingerprint density at radius 3 is 2.67 bits per heavy atom. The van der Waals surface area contributed by atoms with Crippen LogP contribution in [0.1, 0.15) is 68.9 Å². The number of aromatic nitrogens is 3. The summed E-state index contributed by atoms with van der Waals surface area (Å²) in [5.41, 5.74) is 0. The molecule has 0 amide bonds. The fraction of sp³-hybridized carbons (Fsp3) is 0.857. The number of hydrogen-bond acceptors (Lipinski definition) is 3. The molecule has 1 aliphatic heterocycles. The lowest BCUT2D eigenvalue weighted by Crippen LogP contribution is -2.21. The van der Waals surface area contributed by atoms with Gasteiger partial charge in [0.25, 0.3) is 0 Å². The molecule has 4 nitrogen and oxygen atoms in total. The maximum atomic E-state index is 5.75. The van der Waals surface area contributed by atoms with E-state index < -0.39 is 0 Å². The molecule has 2 aliphatic rings. The van der Waals surface area contributed by atoms with Crippen molar-refractivity contribution in [3.05, 3.63) is 11.6 Å². The maximum Gasteiger partial charge on any atom is 0.153 e. The molecule has 1 atom stereocenters. The molecule has 2 heterocycles. The van der Waals surface area contributed by atoms with Gasteiger partial charge < -0.3 is 4.74 Å². The lowest BCUT2D eigenvalue weighted by atomic mass is 9.89. The van der Waals surface area contributed by atoms with Crippen LogP contribution in [0.2, 0.25) is 0 Å². The summed E-state index contributed by atoms with van der Waals surface area (Å²) < 4.78 is 5.75. The minimum atomic E-state index is 0.353. The van der Waals surface area contributed by atoms with E-state index >= 15 is 0 Å². The Morgan fingerprint density at radius 2 is 1.89 bits per heavy atom. The lowest BCUT2D eigenvalue weighted by molar-refractivity contribution is 0.0157. The maximum absolute atomic E-state index is 5.75. The first-order valence-electron chi connectivity index (χ1n) is 7.44. The number of aromatic amines is 1. The Morgan fingerprint density at radius 1 is 1.06 bits per heavy atom. The Labute approximate surface area is 109 Å². The highest BCUT2D eigenvalue weighted by molar-refractivity contribution is 5.00. The molecule has 18 heavy (non-hydrogen) atoms. The van der Waals surface area contributed by atoms with Crippen LogP contribution in [0, 0.1) is 0 Å². The molecule has 1 aromatic heterocycles. The van der Waals surface area contributed by atoms with Crippen molar-refractivity contribution in [2.75, 3.05) is 6.61 Å². The third-order valence-electron chi connectivity index (χ3n) is 4.21. The molecule has 0 radical (unpaired) electrons. The van der Waals surface area contributed by atoms with Crippen molar-refractivity contribution < 1.29 is 4.74 Å². The molecule has 1 aromatic rings. The van der Waals surface area contributed by atoms with Gasteiger partial charge in [0.1, 0.15) is 5.82 Å². The number of nitrogens with zero attached hydrogens (tertiary/aromatic N) is 2. The van der Waals surface area contributed by atoms with Crippen LogP contribution in [0.15, 0.2) is 0 Å². The quantitative estimate of drug-likeness (QED) is 0.896. The third kappa shape index (κ3) is 2.91. The molecule has 1 saturated carbocycles. The Kier molecular flexibility index (Phi) is 3.93. The van der Waals surface area contributed by atoms with Gasteiger partial charge in [-0.05, 0) is 32.1 Å². The largest absolute Gasteiger partial charge is 0.378 e. The Hall–Kier alpha value is -0.900. The summed E-state index contributed by atoms with van der Waals surface area (Å²) in [5.74, 6) is 2.65. The predicted octanol–water partition coefficient (Wildman–Crippen LogP) is 2.96. The molecule has 4 heteroatoms. The highest BCUT2D eigenvalue weighted by atomic mass is 16.5. The van der Waals surface area contributed by atoms with Crippen LogP contribution >= 0.6 is 0 Å². The summed E-state index contributed by atoms with van der Waals surface area (Å²) in [7, 11) is 0. The van der Waals surface area contributed by atoms with Gasteiger partial charge in [-0.15, -0.1) is 0 Å². The minimum absolute atomic E-state index is 0.353. The minimum Gasteiger partial charge on any atom is -0.378 e. The van der Waals surface area contributed by atoms with E-state index in [2.05, 4.69) is 15.2 Å². The van der Waals surface area contributed by atoms with E-state index in [1.54, 1.807) is 0 Å². The highest BCUT2D eigenvalue weighted by Crippen LogP contribution is 2.30. The van der Waals surface area contributed by atoms with Crippen LogP contribution in [-0.2, 0) is 11.2 Å². The summed E-state index contributed by atoms with van der Waals surface area (Å²) in [4.78, 5) is 4.68. The molecular weight excluding hydrogens is 226 g/mol. The molecule has 1 saturated heterocycles. The van der Waals surface area contributed by atoms with Crippen molar-refractivity contribution in [3.8, 4) is 0 Å². The number of ether oxygens (including phenoxy) is 1. The fourth-order valence-electron chi connectivity index (χ4n) is 3.13. The second-order valence-electron chi connectivity index (χ2n) is 5.67. The normalized spacial score (nSPS) is 26.3. The van der Waals surface area contributed by atoms with E-state index in [9.17, 15) is 0 Å². The summed E-state index contributed by atoms with van der Waals surface area (Å²) in [6.45, 7) is 0.911. The van der Waals surface area contributed by atoms with Gasteiger partial charge in [-0.3, -0.25) is 5.10 Å². The molecule has 0 aromatic carbocycles. The standard InChI is InChI=1S/C14H23N3O/c1-2-6-11(7-3-1)14-15-13(16-17-14)10-12-8-4-5-9-18-12/h11-12H,1-10H2,(H,15,16,17). The van der Waals surface area contributed by atoms with E-state index in [1.165, 1.54) is 51.4 Å². The van der Waals surface area contributed by atoms with Gasteiger partial charge in [0.15, 0.2) is 5.82 Å². The number of H-pyrrole nitrogens is 1. The molecule has 100 valence electrons. The van der Waals surface area contributed by atoms with Crippen molar-refractivity contribution in [1.82, 2.24) is 15.2 Å². The molecule has 1 unspecified atom stereocenters. The van der Waals surface area contributed by atoms with Gasteiger partial charge in [-0.25, -0.2) is 4.98 Å². The number of nitrogens with one attached hydrogen (secondary N) is 1. The molecule has 1 N–H and O–H groups in total. The van der Waals surface area contributed by atoms with Crippen LogP contribution in [0.3, 0.4) is 0 Å². The van der Waals surface area contributed by atoms with Crippen molar-refractivity contribution in [2.24, 2.45) is 0 Å². The van der Waals surface area contributed by atoms with Gasteiger partial charge in [0.05, 0.1) is 6.10 Å². The van der Waals surface area contributed by atoms with E-state index in [4.69, 9.17) is 4.74 Å². The average molecular weight is 249 g/mol. The Balaban J connectivity index is 1.58. The first-order chi connectivity index (χ1) is 8.92. The van der Waals surface area contributed by atoms with E-state index in [0.29, 0.717) is 12.0 Å². The second-order valence-corrected chi connectivity index (χ2v) is 5.67. The van der Waals surface area contributed by atoms with Crippen LogP contribution < -0.4 is 0 Å². The summed E-state index contributed by atoms with van der Waals surface area (Å²) in [6, 6.07) is 0. The van der Waals surface area contributed by atoms with E-state index in [0.717, 1.165) is 24.7 Å². The zero-order valence-corrected chi connectivity index (χ0v) is 11.0. The fourth-order valence-corrected chi connectivity index (χ4v) is 3.13. The average Bonchev–Trinajstić information content (AvgIpc) is 2.89. The zero-order valence-electron chi connectivity index (χ0n) is 11.0. The van der Waals surface area contributed by atoms with E-state index in [1.807, 2.05) is 0 Å². The first-order valence-corrected chi connectivity index (χ1v) is 7.44. The van der Waals surface area contributed by atoms with Crippen molar-refractivity contribution in [1.29, 1.82) is 0 Å². The van der Waals surface area contributed by atoms with Crippen LogP contribution in [0.25, 0.3) is 0 Å². The van der Waals surface area contributed by atoms with Crippen molar-refractivity contribution in [3.63, 3.8) is 0 Å². The lowest BCUT2D eigenvalue weighted by Gasteiger charge is -2.21. The van der Waals surface area contributed by atoms with Crippen LogP contribution in [0.5, 0.6) is 0 Å². The summed E-state index contributed by atoms with van der Waals surface area (Å²) >= 11 is 0. The van der Waals surface area contributed by atoms with Crippen LogP contribution in [-0.4, -0.2) is 27.9 Å². The summed E-state index contributed by atoms with van der Waals surface area (Å²) in [5, 5.41) is 7.52. The summed E-state index contributed by atoms with van der Waals surface area (Å²) in [6.07, 6.45) is 11.5. The smallest absolute Gasteiger partial charge is 0.153 e. The zero-order chi connectivity index (χ0) is 12.2. The molecule has 2 fully saturated rings. The topological polar surface area (TPSA) is 50.8 Å². The second kappa shape index (κ2) is 5.83. The number of hydrogen-bond donors (Lipinski definition) is 1. The van der Waals surface area contributed by atoms with E-state index in [-0.39, 0.29) is 0 Å². The van der Waals surface area contributed by atoms with Crippen molar-refractivity contribution in [2.45, 2.75) is 69.8 Å². The molecule has 3 rings (SSSR count). The van der Waals surface area contributed by atoms with Crippen molar-refractivity contribution >= 4 is 0 Å². The van der Waals surface area contributed by atoms with Crippen LogP contribution in [0.4, 0.5) is 0 Å². The molecular formula is C14H23N3O. The highest BCUT2D eigenvalue weighted by Gasteiger charge is 2.21. The first kappa shape index (κ1) is 12.2. The van der Waals surface area contributed by atoms with Gasteiger partial charge in [-0.2, -0.15) is 5.10 Å².